The first kappa shape index (κ1) is 7.54. The summed E-state index contributed by atoms with van der Waals surface area (Å²) in [5, 5.41) is 8.15. The lowest BCUT2D eigenvalue weighted by atomic mass is 10.3. The van der Waals surface area contributed by atoms with Gasteiger partial charge in [0.25, 0.3) is 0 Å². The number of para-hydroxylation sites is 1. The van der Waals surface area contributed by atoms with Crippen molar-refractivity contribution in [3.05, 3.63) is 26.4 Å². The highest BCUT2D eigenvalue weighted by molar-refractivity contribution is 14.1. The fraction of sp³-hybridized carbons (Fsp3) is 0. The molecular weight excluding hydrogens is 319 g/mol. The second-order valence-electron chi connectivity index (χ2n) is 2.17. The minimum atomic E-state index is 0.950. The third-order valence-electron chi connectivity index (χ3n) is 1.49. The molecule has 1 heterocycles. The quantitative estimate of drug-likeness (QED) is 0.742. The van der Waals surface area contributed by atoms with E-state index in [1.54, 1.807) is 0 Å². The molecule has 0 saturated heterocycles. The summed E-state index contributed by atoms with van der Waals surface area (Å²) >= 11 is 5.65. The zero-order valence-corrected chi connectivity index (χ0v) is 9.18. The third-order valence-corrected chi connectivity index (χ3v) is 2.96. The molecule has 0 amide bonds. The Morgan fingerprint density at radius 2 is 2.27 bits per heavy atom. The van der Waals surface area contributed by atoms with Crippen LogP contribution in [0.3, 0.4) is 0 Å². The maximum atomic E-state index is 4.14. The zero-order valence-electron chi connectivity index (χ0n) is 5.44. The first-order chi connectivity index (χ1) is 5.29. The predicted molar refractivity (Wildman–Crippen MR) is 56.5 cm³/mol. The van der Waals surface area contributed by atoms with Crippen LogP contribution in [0.25, 0.3) is 10.9 Å². The molecule has 2 aromatic rings. The Labute approximate surface area is 85.6 Å². The fourth-order valence-electron chi connectivity index (χ4n) is 0.971. The minimum absolute atomic E-state index is 0.950. The van der Waals surface area contributed by atoms with E-state index in [9.17, 15) is 0 Å². The van der Waals surface area contributed by atoms with Crippen LogP contribution in [0, 0.1) is 3.57 Å². The summed E-state index contributed by atoms with van der Waals surface area (Å²) in [6.45, 7) is 0. The molecule has 0 radical (unpaired) electrons. The number of halogens is 2. The average Bonchev–Trinajstić information content (AvgIpc) is 2.35. The molecule has 1 N–H and O–H groups in total. The maximum absolute atomic E-state index is 4.14. The van der Waals surface area contributed by atoms with E-state index < -0.39 is 0 Å². The number of rotatable bonds is 0. The van der Waals surface area contributed by atoms with E-state index in [1.165, 1.54) is 3.57 Å². The van der Waals surface area contributed by atoms with Crippen molar-refractivity contribution in [1.82, 2.24) is 10.2 Å². The van der Waals surface area contributed by atoms with Gasteiger partial charge in [-0.2, -0.15) is 5.10 Å². The van der Waals surface area contributed by atoms with Gasteiger partial charge in [-0.05, 0) is 50.7 Å². The summed E-state index contributed by atoms with van der Waals surface area (Å²) in [5.74, 6) is 0. The van der Waals surface area contributed by atoms with Crippen molar-refractivity contribution < 1.29 is 0 Å². The number of nitrogens with zero attached hydrogens (tertiary/aromatic N) is 1. The smallest absolute Gasteiger partial charge is 0.108 e. The number of benzene rings is 1. The van der Waals surface area contributed by atoms with Gasteiger partial charge in [0.2, 0.25) is 0 Å². The molecule has 1 aromatic carbocycles. The lowest BCUT2D eigenvalue weighted by Gasteiger charge is -1.89. The molecule has 0 aliphatic rings. The number of aromatic amines is 1. The lowest BCUT2D eigenvalue weighted by molar-refractivity contribution is 1.09. The van der Waals surface area contributed by atoms with Gasteiger partial charge >= 0.3 is 0 Å². The number of fused-ring (bicyclic) bond motifs is 1. The number of hydrogen-bond donors (Lipinski definition) is 1. The summed E-state index contributed by atoms with van der Waals surface area (Å²) < 4.78 is 2.12. The molecule has 2 rings (SSSR count). The summed E-state index contributed by atoms with van der Waals surface area (Å²) in [4.78, 5) is 0. The number of aromatic nitrogens is 2. The number of H-pyrrole nitrogens is 1. The molecule has 0 aliphatic carbocycles. The van der Waals surface area contributed by atoms with Crippen molar-refractivity contribution in [3.8, 4) is 0 Å². The van der Waals surface area contributed by atoms with Gasteiger partial charge in [-0.25, -0.2) is 0 Å². The van der Waals surface area contributed by atoms with E-state index in [1.807, 2.05) is 18.2 Å². The van der Waals surface area contributed by atoms with Crippen LogP contribution in [0.5, 0.6) is 0 Å². The van der Waals surface area contributed by atoms with Gasteiger partial charge in [0.15, 0.2) is 0 Å². The third kappa shape index (κ3) is 1.18. The minimum Gasteiger partial charge on any atom is -0.270 e. The molecule has 0 atom stereocenters. The summed E-state index contributed by atoms with van der Waals surface area (Å²) in [5.41, 5.74) is 1.03. The van der Waals surface area contributed by atoms with Crippen LogP contribution in [-0.2, 0) is 0 Å². The van der Waals surface area contributed by atoms with Crippen LogP contribution in [0.4, 0.5) is 0 Å². The largest absolute Gasteiger partial charge is 0.270 e. The normalized spacial score (nSPS) is 10.7. The first-order valence-corrected chi connectivity index (χ1v) is 4.94. The van der Waals surface area contributed by atoms with Gasteiger partial charge in [0, 0.05) is 8.96 Å². The molecule has 0 spiro atoms. The molecule has 11 heavy (non-hydrogen) atoms. The highest BCUT2D eigenvalue weighted by atomic mass is 127. The summed E-state index contributed by atoms with van der Waals surface area (Å²) in [6.07, 6.45) is 0. The van der Waals surface area contributed by atoms with Crippen molar-refractivity contribution in [2.45, 2.75) is 0 Å². The van der Waals surface area contributed by atoms with Gasteiger partial charge in [-0.3, -0.25) is 5.10 Å². The van der Waals surface area contributed by atoms with E-state index in [0.29, 0.717) is 0 Å². The average molecular weight is 323 g/mol. The van der Waals surface area contributed by atoms with Crippen LogP contribution in [0.2, 0.25) is 0 Å². The van der Waals surface area contributed by atoms with Crippen molar-refractivity contribution >= 4 is 49.4 Å². The highest BCUT2D eigenvalue weighted by Crippen LogP contribution is 2.23. The van der Waals surface area contributed by atoms with Crippen LogP contribution in [-0.4, -0.2) is 10.2 Å². The molecule has 56 valence electrons. The Kier molecular flexibility index (Phi) is 1.88. The number of hydrogen-bond acceptors (Lipinski definition) is 1. The topological polar surface area (TPSA) is 28.7 Å². The van der Waals surface area contributed by atoms with Gasteiger partial charge < -0.3 is 0 Å². The highest BCUT2D eigenvalue weighted by Gasteiger charge is 2.03. The number of nitrogens with one attached hydrogen (secondary N) is 1. The molecule has 0 bridgehead atoms. The van der Waals surface area contributed by atoms with Crippen molar-refractivity contribution in [1.29, 1.82) is 0 Å². The Morgan fingerprint density at radius 1 is 1.45 bits per heavy atom. The first-order valence-electron chi connectivity index (χ1n) is 3.07. The Hall–Kier alpha value is -0.100. The Bertz CT molecular complexity index is 396. The van der Waals surface area contributed by atoms with Crippen molar-refractivity contribution in [2.24, 2.45) is 0 Å². The van der Waals surface area contributed by atoms with Gasteiger partial charge in [-0.15, -0.1) is 0 Å². The molecule has 0 fully saturated rings. The second kappa shape index (κ2) is 2.75. The van der Waals surface area contributed by atoms with Crippen LogP contribution < -0.4 is 0 Å². The monoisotopic (exact) mass is 322 g/mol. The van der Waals surface area contributed by atoms with Crippen LogP contribution in [0.15, 0.2) is 22.8 Å². The SMILES string of the molecule is Brc1[nH]nc2c(I)cccc12. The molecule has 1 aromatic heterocycles. The second-order valence-corrected chi connectivity index (χ2v) is 4.13. The molecule has 4 heteroatoms. The standard InChI is InChI=1S/C7H4BrIN2/c8-7-4-2-1-3-5(9)6(4)10-11-7/h1-3H,(H,10,11). The van der Waals surface area contributed by atoms with E-state index in [0.717, 1.165) is 15.5 Å². The maximum Gasteiger partial charge on any atom is 0.108 e. The Balaban J connectivity index is 2.94. The van der Waals surface area contributed by atoms with E-state index in [2.05, 4.69) is 48.7 Å². The van der Waals surface area contributed by atoms with Crippen molar-refractivity contribution in [2.75, 3.05) is 0 Å². The van der Waals surface area contributed by atoms with Crippen LogP contribution >= 0.6 is 38.5 Å². The van der Waals surface area contributed by atoms with E-state index in [-0.39, 0.29) is 0 Å². The zero-order chi connectivity index (χ0) is 7.84. The molecule has 0 aliphatic heterocycles. The van der Waals surface area contributed by atoms with Crippen molar-refractivity contribution in [3.63, 3.8) is 0 Å². The lowest BCUT2D eigenvalue weighted by Crippen LogP contribution is -1.73. The molecular formula is C7H4BrIN2. The Morgan fingerprint density at radius 3 is 3.00 bits per heavy atom. The van der Waals surface area contributed by atoms with Gasteiger partial charge in [0.05, 0.1) is 0 Å². The predicted octanol–water partition coefficient (Wildman–Crippen LogP) is 2.93. The summed E-state index contributed by atoms with van der Waals surface area (Å²) in [6, 6.07) is 6.09. The van der Waals surface area contributed by atoms with Gasteiger partial charge in [0.1, 0.15) is 10.1 Å². The molecule has 0 unspecified atom stereocenters. The fourth-order valence-corrected chi connectivity index (χ4v) is 2.00. The van der Waals surface area contributed by atoms with E-state index >= 15 is 0 Å². The molecule has 0 saturated carbocycles. The van der Waals surface area contributed by atoms with Crippen LogP contribution in [0.1, 0.15) is 0 Å². The molecule has 2 nitrogen and oxygen atoms in total. The van der Waals surface area contributed by atoms with Gasteiger partial charge in [-0.1, -0.05) is 6.07 Å². The van der Waals surface area contributed by atoms with E-state index in [4.69, 9.17) is 0 Å². The summed E-state index contributed by atoms with van der Waals surface area (Å²) in [7, 11) is 0.